The van der Waals surface area contributed by atoms with Crippen LogP contribution in [-0.2, 0) is 16.0 Å². The number of nitrogens with one attached hydrogen (secondary N) is 2. The van der Waals surface area contributed by atoms with Gasteiger partial charge >= 0.3 is 6.09 Å². The molecule has 0 heterocycles. The Morgan fingerprint density at radius 1 is 1.13 bits per heavy atom. The first kappa shape index (κ1) is 18.2. The van der Waals surface area contributed by atoms with Crippen molar-refractivity contribution in [3.63, 3.8) is 0 Å². The Hall–Kier alpha value is -2.88. The normalized spacial score (nSPS) is 9.17. The molecule has 1 rings (SSSR count). The van der Waals surface area contributed by atoms with Crippen molar-refractivity contribution in [3.8, 4) is 23.3 Å². The lowest BCUT2D eigenvalue weighted by atomic mass is 10.1. The third kappa shape index (κ3) is 6.61. The second-order valence-corrected chi connectivity index (χ2v) is 4.31. The van der Waals surface area contributed by atoms with Gasteiger partial charge in [-0.3, -0.25) is 10.2 Å². The van der Waals surface area contributed by atoms with Crippen LogP contribution in [0.15, 0.2) is 18.2 Å². The molecule has 124 valence electrons. The number of benzene rings is 1. The molecule has 0 radical (unpaired) electrons. The average molecular weight is 320 g/mol. The predicted octanol–water partition coefficient (Wildman–Crippen LogP) is 1.42. The van der Waals surface area contributed by atoms with Gasteiger partial charge in [0.2, 0.25) is 5.91 Å². The summed E-state index contributed by atoms with van der Waals surface area (Å²) in [5.74, 6) is 6.14. The summed E-state index contributed by atoms with van der Waals surface area (Å²) in [6.45, 7) is 1.86. The standard InChI is InChI=1S/C16H20N2O5/c1-4-5-6-9-23-16(20)18-17-15(19)10-12-7-8-13(21-2)11-14(12)22-3/h7-8,11H,4,9-10H2,1-3H3,(H,17,19)(H,18,20). The Bertz CT molecular complexity index is 604. The maximum atomic E-state index is 11.8. The number of hydrazine groups is 1. The van der Waals surface area contributed by atoms with Gasteiger partial charge in [-0.2, -0.15) is 0 Å². The molecule has 0 aromatic heterocycles. The molecule has 0 aliphatic carbocycles. The summed E-state index contributed by atoms with van der Waals surface area (Å²) in [5.41, 5.74) is 5.06. The Morgan fingerprint density at radius 2 is 1.91 bits per heavy atom. The minimum absolute atomic E-state index is 0.0259. The van der Waals surface area contributed by atoms with Gasteiger partial charge in [0, 0.05) is 18.1 Å². The lowest BCUT2D eigenvalue weighted by molar-refractivity contribution is -0.121. The molecule has 1 aromatic rings. The lowest BCUT2D eigenvalue weighted by Crippen LogP contribution is -2.42. The molecule has 0 aliphatic rings. The summed E-state index contributed by atoms with van der Waals surface area (Å²) in [6.07, 6.45) is -0.0560. The van der Waals surface area contributed by atoms with Crippen LogP contribution < -0.4 is 20.3 Å². The van der Waals surface area contributed by atoms with E-state index in [0.717, 1.165) is 0 Å². The highest BCUT2D eigenvalue weighted by molar-refractivity contribution is 5.81. The van der Waals surface area contributed by atoms with Gasteiger partial charge in [-0.15, -0.1) is 5.92 Å². The zero-order chi connectivity index (χ0) is 17.1. The Morgan fingerprint density at radius 3 is 2.57 bits per heavy atom. The molecule has 2 amide bonds. The topological polar surface area (TPSA) is 85.9 Å². The van der Waals surface area contributed by atoms with Crippen molar-refractivity contribution in [2.24, 2.45) is 0 Å². The number of hydrogen-bond acceptors (Lipinski definition) is 5. The molecule has 0 atom stereocenters. The number of ether oxygens (including phenoxy) is 3. The lowest BCUT2D eigenvalue weighted by Gasteiger charge is -2.11. The number of amides is 2. The molecule has 0 bridgehead atoms. The highest BCUT2D eigenvalue weighted by atomic mass is 16.6. The summed E-state index contributed by atoms with van der Waals surface area (Å²) in [7, 11) is 3.05. The van der Waals surface area contributed by atoms with Crippen LogP contribution in [0.4, 0.5) is 4.79 Å². The number of rotatable bonds is 5. The van der Waals surface area contributed by atoms with Gasteiger partial charge in [0.1, 0.15) is 11.5 Å². The summed E-state index contributed by atoms with van der Waals surface area (Å²) in [6, 6.07) is 5.12. The fourth-order valence-corrected chi connectivity index (χ4v) is 1.65. The second kappa shape index (κ2) is 9.95. The summed E-state index contributed by atoms with van der Waals surface area (Å²) in [4.78, 5) is 23.1. The van der Waals surface area contributed by atoms with E-state index >= 15 is 0 Å². The van der Waals surface area contributed by atoms with Crippen molar-refractivity contribution in [2.45, 2.75) is 19.8 Å². The van der Waals surface area contributed by atoms with Crippen LogP contribution in [0.3, 0.4) is 0 Å². The zero-order valence-corrected chi connectivity index (χ0v) is 13.4. The van der Waals surface area contributed by atoms with E-state index in [9.17, 15) is 9.59 Å². The average Bonchev–Trinajstić information content (AvgIpc) is 2.57. The van der Waals surface area contributed by atoms with Gasteiger partial charge < -0.3 is 14.2 Å². The molecule has 0 saturated carbocycles. The van der Waals surface area contributed by atoms with E-state index in [2.05, 4.69) is 22.7 Å². The van der Waals surface area contributed by atoms with E-state index in [4.69, 9.17) is 14.2 Å². The molecular weight excluding hydrogens is 300 g/mol. The first-order chi connectivity index (χ1) is 11.1. The van der Waals surface area contributed by atoms with Crippen LogP contribution in [-0.4, -0.2) is 32.8 Å². The number of hydrogen-bond donors (Lipinski definition) is 2. The molecular formula is C16H20N2O5. The fourth-order valence-electron chi connectivity index (χ4n) is 1.65. The van der Waals surface area contributed by atoms with E-state index < -0.39 is 12.0 Å². The third-order valence-corrected chi connectivity index (χ3v) is 2.73. The van der Waals surface area contributed by atoms with Crippen LogP contribution in [0.25, 0.3) is 0 Å². The van der Waals surface area contributed by atoms with E-state index in [0.29, 0.717) is 23.5 Å². The maximum absolute atomic E-state index is 11.8. The van der Waals surface area contributed by atoms with Gasteiger partial charge in [0.15, 0.2) is 6.61 Å². The second-order valence-electron chi connectivity index (χ2n) is 4.31. The van der Waals surface area contributed by atoms with Crippen LogP contribution in [0.2, 0.25) is 0 Å². The third-order valence-electron chi connectivity index (χ3n) is 2.73. The van der Waals surface area contributed by atoms with Crippen molar-refractivity contribution < 1.29 is 23.8 Å². The van der Waals surface area contributed by atoms with E-state index in [1.54, 1.807) is 25.3 Å². The Kier molecular flexibility index (Phi) is 7.86. The number of methoxy groups -OCH3 is 2. The highest BCUT2D eigenvalue weighted by Gasteiger charge is 2.11. The van der Waals surface area contributed by atoms with Gasteiger partial charge in [0.05, 0.1) is 20.6 Å². The smallest absolute Gasteiger partial charge is 0.426 e. The maximum Gasteiger partial charge on any atom is 0.426 e. The van der Waals surface area contributed by atoms with E-state index in [1.165, 1.54) is 7.11 Å². The number of carbonyl (C=O) groups excluding carboxylic acids is 2. The molecule has 7 nitrogen and oxygen atoms in total. The SMILES string of the molecule is CCC#CCOC(=O)NNC(=O)Cc1ccc(OC)cc1OC. The fraction of sp³-hybridized carbons (Fsp3) is 0.375. The molecule has 23 heavy (non-hydrogen) atoms. The largest absolute Gasteiger partial charge is 0.497 e. The molecule has 0 fully saturated rings. The van der Waals surface area contributed by atoms with Crippen molar-refractivity contribution in [1.82, 2.24) is 10.9 Å². The minimum atomic E-state index is -0.773. The van der Waals surface area contributed by atoms with Crippen LogP contribution >= 0.6 is 0 Å². The van der Waals surface area contributed by atoms with Gasteiger partial charge in [0.25, 0.3) is 0 Å². The molecule has 7 heteroatoms. The first-order valence-corrected chi connectivity index (χ1v) is 6.99. The summed E-state index contributed by atoms with van der Waals surface area (Å²) < 4.78 is 15.0. The minimum Gasteiger partial charge on any atom is -0.497 e. The van der Waals surface area contributed by atoms with E-state index in [-0.39, 0.29) is 13.0 Å². The van der Waals surface area contributed by atoms with Crippen LogP contribution in [0.5, 0.6) is 11.5 Å². The van der Waals surface area contributed by atoms with Crippen molar-refractivity contribution in [3.05, 3.63) is 23.8 Å². The molecule has 0 aliphatic heterocycles. The quantitative estimate of drug-likeness (QED) is 0.633. The zero-order valence-electron chi connectivity index (χ0n) is 13.4. The van der Waals surface area contributed by atoms with Gasteiger partial charge in [-0.25, -0.2) is 10.2 Å². The van der Waals surface area contributed by atoms with Gasteiger partial charge in [-0.1, -0.05) is 18.9 Å². The molecule has 0 saturated heterocycles. The number of carbonyl (C=O) groups is 2. The summed E-state index contributed by atoms with van der Waals surface area (Å²) >= 11 is 0. The first-order valence-electron chi connectivity index (χ1n) is 6.99. The van der Waals surface area contributed by atoms with Crippen molar-refractivity contribution in [2.75, 3.05) is 20.8 Å². The molecule has 0 spiro atoms. The predicted molar refractivity (Wildman–Crippen MR) is 83.9 cm³/mol. The monoisotopic (exact) mass is 320 g/mol. The van der Waals surface area contributed by atoms with Crippen molar-refractivity contribution >= 4 is 12.0 Å². The molecule has 2 N–H and O–H groups in total. The Balaban J connectivity index is 2.46. The van der Waals surface area contributed by atoms with E-state index in [1.807, 2.05) is 6.92 Å². The van der Waals surface area contributed by atoms with Crippen LogP contribution in [0.1, 0.15) is 18.9 Å². The summed E-state index contributed by atoms with van der Waals surface area (Å²) in [5, 5.41) is 0. The molecule has 0 unspecified atom stereocenters. The van der Waals surface area contributed by atoms with Gasteiger partial charge in [-0.05, 0) is 6.07 Å². The van der Waals surface area contributed by atoms with Crippen LogP contribution in [0, 0.1) is 11.8 Å². The Labute approximate surface area is 135 Å². The highest BCUT2D eigenvalue weighted by Crippen LogP contribution is 2.24. The van der Waals surface area contributed by atoms with Crippen molar-refractivity contribution in [1.29, 1.82) is 0 Å². The molecule has 1 aromatic carbocycles.